The molecule has 1 aromatic heterocycles. The first-order chi connectivity index (χ1) is 22.8. The fourth-order valence-electron chi connectivity index (χ4n) is 7.06. The highest BCUT2D eigenvalue weighted by atomic mass is 15.1. The van der Waals surface area contributed by atoms with Crippen LogP contribution in [0.5, 0.6) is 0 Å². The largest absolute Gasteiger partial charge is 0.310 e. The molecule has 9 rings (SSSR count). The topological polar surface area (TPSA) is 8.17 Å². The normalized spacial score (nSPS) is 11.5. The summed E-state index contributed by atoms with van der Waals surface area (Å²) >= 11 is 0. The lowest BCUT2D eigenvalue weighted by Gasteiger charge is -2.28. The molecule has 2 nitrogen and oxygen atoms in total. The summed E-state index contributed by atoms with van der Waals surface area (Å²) < 4.78 is 2.38. The van der Waals surface area contributed by atoms with Gasteiger partial charge in [0, 0.05) is 33.2 Å². The first kappa shape index (κ1) is 26.3. The van der Waals surface area contributed by atoms with Gasteiger partial charge in [-0.05, 0) is 81.9 Å². The van der Waals surface area contributed by atoms with Gasteiger partial charge >= 0.3 is 0 Å². The summed E-state index contributed by atoms with van der Waals surface area (Å²) in [6.45, 7) is 0. The molecule has 0 atom stereocenters. The van der Waals surface area contributed by atoms with Gasteiger partial charge < -0.3 is 9.47 Å². The van der Waals surface area contributed by atoms with Crippen molar-refractivity contribution in [2.24, 2.45) is 0 Å². The molecule has 0 N–H and O–H groups in total. The van der Waals surface area contributed by atoms with E-state index < -0.39 is 0 Å². The lowest BCUT2D eigenvalue weighted by molar-refractivity contribution is 1.17. The minimum absolute atomic E-state index is 1.11. The van der Waals surface area contributed by atoms with Gasteiger partial charge in [-0.1, -0.05) is 127 Å². The van der Waals surface area contributed by atoms with Crippen molar-refractivity contribution in [1.29, 1.82) is 0 Å². The van der Waals surface area contributed by atoms with Gasteiger partial charge in [0.1, 0.15) is 0 Å². The van der Waals surface area contributed by atoms with E-state index in [1.54, 1.807) is 0 Å². The molecule has 9 aromatic rings. The summed E-state index contributed by atoms with van der Waals surface area (Å²) in [5.41, 5.74) is 9.34. The van der Waals surface area contributed by atoms with Crippen LogP contribution in [-0.2, 0) is 0 Å². The van der Waals surface area contributed by atoms with Crippen LogP contribution in [-0.4, -0.2) is 4.57 Å². The Bertz CT molecular complexity index is 2470. The van der Waals surface area contributed by atoms with Crippen molar-refractivity contribution in [3.8, 4) is 16.8 Å². The fraction of sp³-hybridized carbons (Fsp3) is 0. The zero-order valence-corrected chi connectivity index (χ0v) is 25.2. The Kier molecular flexibility index (Phi) is 6.17. The second-order valence-corrected chi connectivity index (χ2v) is 11.8. The zero-order chi connectivity index (χ0) is 30.5. The van der Waals surface area contributed by atoms with Gasteiger partial charge in [0.2, 0.25) is 0 Å². The summed E-state index contributed by atoms with van der Waals surface area (Å²) in [5, 5.41) is 7.50. The second kappa shape index (κ2) is 10.8. The number of benzene rings is 8. The highest BCUT2D eigenvalue weighted by Crippen LogP contribution is 2.43. The summed E-state index contributed by atoms with van der Waals surface area (Å²) in [4.78, 5) is 2.41. The van der Waals surface area contributed by atoms with E-state index in [0.717, 1.165) is 22.7 Å². The third-order valence-electron chi connectivity index (χ3n) is 9.15. The van der Waals surface area contributed by atoms with E-state index in [1.165, 1.54) is 54.5 Å². The molecular formula is C44H30N2. The van der Waals surface area contributed by atoms with Crippen molar-refractivity contribution in [3.05, 3.63) is 182 Å². The smallest absolute Gasteiger partial charge is 0.0546 e. The summed E-state index contributed by atoms with van der Waals surface area (Å²) in [5.74, 6) is 0. The molecule has 0 spiro atoms. The number of hydrogen-bond acceptors (Lipinski definition) is 1. The number of aromatic nitrogens is 1. The van der Waals surface area contributed by atoms with E-state index in [-0.39, 0.29) is 0 Å². The first-order valence-electron chi connectivity index (χ1n) is 15.8. The fourth-order valence-corrected chi connectivity index (χ4v) is 7.06. The molecule has 0 amide bonds. The predicted molar refractivity (Wildman–Crippen MR) is 196 cm³/mol. The molecular weight excluding hydrogens is 556 g/mol. The number of hydrogen-bond donors (Lipinski definition) is 0. The number of para-hydroxylation sites is 2. The summed E-state index contributed by atoms with van der Waals surface area (Å²) in [6, 6.07) is 65.7. The number of fused-ring (bicyclic) bond motifs is 6. The quantitative estimate of drug-likeness (QED) is 0.182. The molecule has 0 bridgehead atoms. The van der Waals surface area contributed by atoms with Gasteiger partial charge in [0.05, 0.1) is 16.7 Å². The van der Waals surface area contributed by atoms with Crippen LogP contribution in [0.4, 0.5) is 17.1 Å². The Hall–Kier alpha value is -6.12. The van der Waals surface area contributed by atoms with E-state index >= 15 is 0 Å². The summed E-state index contributed by atoms with van der Waals surface area (Å²) in [6.07, 6.45) is 0. The zero-order valence-electron chi connectivity index (χ0n) is 25.2. The Labute approximate surface area is 268 Å². The molecule has 0 aliphatic heterocycles. The average molecular weight is 587 g/mol. The predicted octanol–water partition coefficient (Wildman–Crippen LogP) is 12.2. The minimum atomic E-state index is 1.11. The first-order valence-corrected chi connectivity index (χ1v) is 15.8. The Morgan fingerprint density at radius 1 is 0.370 bits per heavy atom. The van der Waals surface area contributed by atoms with Gasteiger partial charge in [0.15, 0.2) is 0 Å². The maximum atomic E-state index is 2.41. The highest BCUT2D eigenvalue weighted by Gasteiger charge is 2.18. The molecule has 0 unspecified atom stereocenters. The van der Waals surface area contributed by atoms with E-state index in [2.05, 4.69) is 191 Å². The molecule has 8 aromatic carbocycles. The van der Waals surface area contributed by atoms with E-state index in [0.29, 0.717) is 0 Å². The summed E-state index contributed by atoms with van der Waals surface area (Å²) in [7, 11) is 0. The third-order valence-corrected chi connectivity index (χ3v) is 9.15. The Morgan fingerprint density at radius 3 is 1.72 bits per heavy atom. The van der Waals surface area contributed by atoms with E-state index in [4.69, 9.17) is 0 Å². The van der Waals surface area contributed by atoms with Crippen LogP contribution in [0.1, 0.15) is 0 Å². The Morgan fingerprint density at radius 2 is 0.957 bits per heavy atom. The van der Waals surface area contributed by atoms with Crippen molar-refractivity contribution in [2.75, 3.05) is 4.90 Å². The maximum absolute atomic E-state index is 2.41. The average Bonchev–Trinajstić information content (AvgIpc) is 3.47. The van der Waals surface area contributed by atoms with Crippen LogP contribution in [0.15, 0.2) is 182 Å². The highest BCUT2D eigenvalue weighted by molar-refractivity contribution is 6.15. The lowest BCUT2D eigenvalue weighted by Crippen LogP contribution is -2.11. The van der Waals surface area contributed by atoms with Crippen molar-refractivity contribution in [2.45, 2.75) is 0 Å². The maximum Gasteiger partial charge on any atom is 0.0546 e. The van der Waals surface area contributed by atoms with Crippen LogP contribution in [0.3, 0.4) is 0 Å². The van der Waals surface area contributed by atoms with E-state index in [1.807, 2.05) is 0 Å². The minimum Gasteiger partial charge on any atom is -0.310 e. The monoisotopic (exact) mass is 586 g/mol. The molecule has 0 saturated carbocycles. The SMILES string of the molecule is c1ccc(-c2cccc(N(c3ccc(-n4c5ccccc5c5ccccc54)cc3)c3cccc4ccc5ccccc5c34)c2)cc1. The molecule has 1 heterocycles. The lowest BCUT2D eigenvalue weighted by atomic mass is 9.99. The molecule has 0 aliphatic rings. The molecule has 46 heavy (non-hydrogen) atoms. The van der Waals surface area contributed by atoms with Crippen molar-refractivity contribution in [3.63, 3.8) is 0 Å². The van der Waals surface area contributed by atoms with E-state index in [9.17, 15) is 0 Å². The molecule has 0 aliphatic carbocycles. The van der Waals surface area contributed by atoms with Crippen LogP contribution in [0.2, 0.25) is 0 Å². The number of rotatable bonds is 5. The van der Waals surface area contributed by atoms with Gasteiger partial charge in [-0.2, -0.15) is 0 Å². The molecule has 0 radical (unpaired) electrons. The third kappa shape index (κ3) is 4.27. The molecule has 2 heteroatoms. The van der Waals surface area contributed by atoms with Gasteiger partial charge in [-0.25, -0.2) is 0 Å². The van der Waals surface area contributed by atoms with Crippen LogP contribution in [0, 0.1) is 0 Å². The van der Waals surface area contributed by atoms with Crippen LogP contribution < -0.4 is 4.90 Å². The van der Waals surface area contributed by atoms with Crippen molar-refractivity contribution < 1.29 is 0 Å². The number of nitrogens with zero attached hydrogens (tertiary/aromatic N) is 2. The second-order valence-electron chi connectivity index (χ2n) is 11.8. The van der Waals surface area contributed by atoms with Crippen LogP contribution in [0.25, 0.3) is 60.2 Å². The van der Waals surface area contributed by atoms with Crippen molar-refractivity contribution in [1.82, 2.24) is 4.57 Å². The van der Waals surface area contributed by atoms with Gasteiger partial charge in [0.25, 0.3) is 0 Å². The Balaban J connectivity index is 1.27. The van der Waals surface area contributed by atoms with Gasteiger partial charge in [-0.3, -0.25) is 0 Å². The van der Waals surface area contributed by atoms with Crippen molar-refractivity contribution >= 4 is 60.4 Å². The molecule has 216 valence electrons. The van der Waals surface area contributed by atoms with Gasteiger partial charge in [-0.15, -0.1) is 0 Å². The number of anilines is 3. The van der Waals surface area contributed by atoms with Crippen LogP contribution >= 0.6 is 0 Å². The standard InChI is InChI=1S/C44H30N2/c1-2-12-31(13-3-1)34-16-10-17-37(30-34)45(43-23-11-15-33-25-24-32-14-4-5-18-38(32)44(33)43)35-26-28-36(29-27-35)46-41-21-8-6-19-39(41)40-20-7-9-22-42(40)46/h1-30H. The molecule has 0 fully saturated rings. The molecule has 0 saturated heterocycles.